The Morgan fingerprint density at radius 1 is 1.16 bits per heavy atom. The third kappa shape index (κ3) is 6.75. The van der Waals surface area contributed by atoms with E-state index in [1.165, 1.54) is 0 Å². The Labute approximate surface area is 192 Å². The molecule has 0 unspecified atom stereocenters. The molecule has 7 heteroatoms. The van der Waals surface area contributed by atoms with E-state index in [1.807, 2.05) is 31.3 Å². The van der Waals surface area contributed by atoms with E-state index in [0.29, 0.717) is 19.8 Å². The molecule has 2 fully saturated rings. The van der Waals surface area contributed by atoms with Gasteiger partial charge >= 0.3 is 0 Å². The minimum atomic E-state index is -0.486. The molecule has 0 aliphatic carbocycles. The van der Waals surface area contributed by atoms with Crippen molar-refractivity contribution in [2.75, 3.05) is 32.8 Å². The van der Waals surface area contributed by atoms with Crippen LogP contribution >= 0.6 is 0 Å². The lowest BCUT2D eigenvalue weighted by Gasteiger charge is -2.42. The SMILES string of the molecule is CC[C@H](C)[C@@H]1NC(=O)C2(CCCCOCCCNC1=O)CCN(Cc1ccccn1)CC2. The van der Waals surface area contributed by atoms with E-state index >= 15 is 0 Å². The minimum absolute atomic E-state index is 0.0495. The van der Waals surface area contributed by atoms with Crippen LogP contribution < -0.4 is 10.6 Å². The summed E-state index contributed by atoms with van der Waals surface area (Å²) in [6.07, 6.45) is 7.85. The van der Waals surface area contributed by atoms with Crippen molar-refractivity contribution in [2.45, 2.75) is 71.4 Å². The normalized spacial score (nSPS) is 24.9. The van der Waals surface area contributed by atoms with Crippen molar-refractivity contribution in [3.8, 4) is 0 Å². The Hall–Kier alpha value is -1.99. The summed E-state index contributed by atoms with van der Waals surface area (Å²) in [5, 5.41) is 6.18. The summed E-state index contributed by atoms with van der Waals surface area (Å²) in [6.45, 7) is 8.59. The standard InChI is InChI=1S/C25H40N4O3/c1-3-20(2)22-23(30)27-14-8-18-32-17-7-5-10-25(24(31)28-22)11-15-29(16-12-25)19-21-9-4-6-13-26-21/h4,6,9,13,20,22H,3,5,7-8,10-12,14-19H2,1-2H3,(H,27,30)(H,28,31)/t20-,22-/m0/s1. The fraction of sp³-hybridized carbons (Fsp3) is 0.720. The number of carbonyl (C=O) groups excluding carboxylic acids is 2. The zero-order chi connectivity index (χ0) is 22.8. The largest absolute Gasteiger partial charge is 0.381 e. The first-order valence-corrected chi connectivity index (χ1v) is 12.3. The van der Waals surface area contributed by atoms with E-state index < -0.39 is 11.5 Å². The first kappa shape index (κ1) is 24.6. The number of nitrogens with zero attached hydrogens (tertiary/aromatic N) is 2. The number of rotatable bonds is 4. The van der Waals surface area contributed by atoms with Crippen LogP contribution in [-0.2, 0) is 20.9 Å². The molecule has 2 aliphatic rings. The lowest BCUT2D eigenvalue weighted by molar-refractivity contribution is -0.139. The highest BCUT2D eigenvalue weighted by molar-refractivity contribution is 5.90. The lowest BCUT2D eigenvalue weighted by Crippen LogP contribution is -2.56. The van der Waals surface area contributed by atoms with Gasteiger partial charge in [0.05, 0.1) is 11.1 Å². The molecule has 1 aromatic rings. The fourth-order valence-corrected chi connectivity index (χ4v) is 4.71. The molecule has 0 radical (unpaired) electrons. The van der Waals surface area contributed by atoms with Gasteiger partial charge in [-0.15, -0.1) is 0 Å². The molecule has 2 saturated heterocycles. The van der Waals surface area contributed by atoms with Gasteiger partial charge in [-0.3, -0.25) is 19.5 Å². The molecule has 2 aliphatic heterocycles. The van der Waals surface area contributed by atoms with Crippen molar-refractivity contribution in [1.29, 1.82) is 0 Å². The number of carbonyl (C=O) groups is 2. The molecule has 2 amide bonds. The summed E-state index contributed by atoms with van der Waals surface area (Å²) in [7, 11) is 0. The predicted octanol–water partition coefficient (Wildman–Crippen LogP) is 2.90. The molecule has 3 rings (SSSR count). The Balaban J connectivity index is 1.71. The van der Waals surface area contributed by atoms with Crippen LogP contribution in [0.15, 0.2) is 24.4 Å². The number of aromatic nitrogens is 1. The predicted molar refractivity (Wildman–Crippen MR) is 125 cm³/mol. The number of hydrogen-bond acceptors (Lipinski definition) is 5. The maximum Gasteiger partial charge on any atom is 0.242 e. The summed E-state index contributed by atoms with van der Waals surface area (Å²) in [6, 6.07) is 5.51. The molecule has 0 bridgehead atoms. The van der Waals surface area contributed by atoms with Gasteiger partial charge in [-0.2, -0.15) is 0 Å². The van der Waals surface area contributed by atoms with E-state index in [-0.39, 0.29) is 17.7 Å². The minimum Gasteiger partial charge on any atom is -0.381 e. The van der Waals surface area contributed by atoms with Crippen molar-refractivity contribution in [3.05, 3.63) is 30.1 Å². The van der Waals surface area contributed by atoms with Crippen LogP contribution in [0.25, 0.3) is 0 Å². The summed E-state index contributed by atoms with van der Waals surface area (Å²) < 4.78 is 5.73. The van der Waals surface area contributed by atoms with Crippen LogP contribution in [0, 0.1) is 11.3 Å². The highest BCUT2D eigenvalue weighted by Gasteiger charge is 2.42. The molecule has 32 heavy (non-hydrogen) atoms. The van der Waals surface area contributed by atoms with Gasteiger partial charge in [0.15, 0.2) is 0 Å². The first-order valence-electron chi connectivity index (χ1n) is 12.3. The molecule has 0 aromatic carbocycles. The molecular weight excluding hydrogens is 404 g/mol. The molecule has 2 atom stereocenters. The maximum absolute atomic E-state index is 13.6. The molecule has 3 heterocycles. The van der Waals surface area contributed by atoms with Crippen molar-refractivity contribution in [1.82, 2.24) is 20.5 Å². The van der Waals surface area contributed by atoms with E-state index in [2.05, 4.69) is 27.4 Å². The molecule has 178 valence electrons. The van der Waals surface area contributed by atoms with Crippen LogP contribution in [-0.4, -0.2) is 60.6 Å². The third-order valence-corrected chi connectivity index (χ3v) is 7.15. The third-order valence-electron chi connectivity index (χ3n) is 7.15. The monoisotopic (exact) mass is 444 g/mol. The van der Waals surface area contributed by atoms with Crippen molar-refractivity contribution in [2.24, 2.45) is 11.3 Å². The van der Waals surface area contributed by atoms with E-state index in [0.717, 1.165) is 70.3 Å². The molecule has 2 N–H and O–H groups in total. The van der Waals surface area contributed by atoms with Crippen LogP contribution in [0.5, 0.6) is 0 Å². The second kappa shape index (κ2) is 12.3. The zero-order valence-electron chi connectivity index (χ0n) is 19.8. The quantitative estimate of drug-likeness (QED) is 0.746. The topological polar surface area (TPSA) is 83.6 Å². The van der Waals surface area contributed by atoms with Gasteiger partial charge in [-0.05, 0) is 63.2 Å². The summed E-state index contributed by atoms with van der Waals surface area (Å²) in [5.74, 6) is 0.0605. The molecule has 0 saturated carbocycles. The van der Waals surface area contributed by atoms with E-state index in [4.69, 9.17) is 4.74 Å². The number of piperidine rings is 1. The van der Waals surface area contributed by atoms with Gasteiger partial charge in [-0.25, -0.2) is 0 Å². The Bertz CT molecular complexity index is 719. The molecule has 7 nitrogen and oxygen atoms in total. The zero-order valence-corrected chi connectivity index (χ0v) is 19.8. The van der Waals surface area contributed by atoms with Crippen molar-refractivity contribution >= 4 is 11.8 Å². The molecule has 1 spiro atoms. The van der Waals surface area contributed by atoms with Gasteiger partial charge in [-0.1, -0.05) is 32.8 Å². The van der Waals surface area contributed by atoms with Crippen molar-refractivity contribution in [3.63, 3.8) is 0 Å². The Morgan fingerprint density at radius 3 is 2.66 bits per heavy atom. The first-order chi connectivity index (χ1) is 15.5. The van der Waals surface area contributed by atoms with Gasteiger partial charge in [0, 0.05) is 32.5 Å². The van der Waals surface area contributed by atoms with Gasteiger partial charge < -0.3 is 15.4 Å². The number of nitrogens with one attached hydrogen (secondary N) is 2. The number of pyridine rings is 1. The average molecular weight is 445 g/mol. The van der Waals surface area contributed by atoms with Gasteiger partial charge in [0.2, 0.25) is 11.8 Å². The highest BCUT2D eigenvalue weighted by atomic mass is 16.5. The fourth-order valence-electron chi connectivity index (χ4n) is 4.71. The van der Waals surface area contributed by atoms with E-state index in [9.17, 15) is 9.59 Å². The van der Waals surface area contributed by atoms with Gasteiger partial charge in [0.25, 0.3) is 0 Å². The highest BCUT2D eigenvalue weighted by Crippen LogP contribution is 2.38. The molecule has 1 aromatic heterocycles. The summed E-state index contributed by atoms with van der Waals surface area (Å²) >= 11 is 0. The average Bonchev–Trinajstić information content (AvgIpc) is 2.82. The number of amides is 2. The Morgan fingerprint density at radius 2 is 1.94 bits per heavy atom. The lowest BCUT2D eigenvalue weighted by atomic mass is 9.73. The van der Waals surface area contributed by atoms with E-state index in [1.54, 1.807) is 0 Å². The number of likely N-dealkylation sites (tertiary alicyclic amines) is 1. The van der Waals surface area contributed by atoms with Crippen LogP contribution in [0.2, 0.25) is 0 Å². The van der Waals surface area contributed by atoms with Crippen LogP contribution in [0.3, 0.4) is 0 Å². The second-order valence-electron chi connectivity index (χ2n) is 9.43. The van der Waals surface area contributed by atoms with Crippen LogP contribution in [0.1, 0.15) is 64.5 Å². The van der Waals surface area contributed by atoms with Gasteiger partial charge in [0.1, 0.15) is 6.04 Å². The molecular formula is C25H40N4O3. The summed E-state index contributed by atoms with van der Waals surface area (Å²) in [4.78, 5) is 33.4. The second-order valence-corrected chi connectivity index (χ2v) is 9.43. The summed E-state index contributed by atoms with van der Waals surface area (Å²) in [5.41, 5.74) is 0.640. The maximum atomic E-state index is 13.6. The number of hydrogen-bond donors (Lipinski definition) is 2. The Kier molecular flexibility index (Phi) is 9.48. The van der Waals surface area contributed by atoms with Crippen molar-refractivity contribution < 1.29 is 14.3 Å². The smallest absolute Gasteiger partial charge is 0.242 e. The number of ether oxygens (including phenoxy) is 1. The van der Waals surface area contributed by atoms with Crippen LogP contribution in [0.4, 0.5) is 0 Å².